The average Bonchev–Trinajstić information content (AvgIpc) is 2.54. The van der Waals surface area contributed by atoms with Gasteiger partial charge < -0.3 is 14.4 Å². The Morgan fingerprint density at radius 2 is 2.23 bits per heavy atom. The Morgan fingerprint density at radius 1 is 1.45 bits per heavy atom. The van der Waals surface area contributed by atoms with Gasteiger partial charge in [0.25, 0.3) is 5.91 Å². The van der Waals surface area contributed by atoms with Crippen LogP contribution in [0.5, 0.6) is 5.75 Å². The number of benzene rings is 1. The van der Waals surface area contributed by atoms with Crippen molar-refractivity contribution < 1.29 is 14.3 Å². The zero-order chi connectivity index (χ0) is 16.1. The number of ether oxygens (including phenoxy) is 2. The van der Waals surface area contributed by atoms with E-state index in [1.54, 1.807) is 11.8 Å². The van der Waals surface area contributed by atoms with E-state index in [9.17, 15) is 4.79 Å². The Balaban J connectivity index is 2.05. The van der Waals surface area contributed by atoms with Crippen molar-refractivity contribution in [2.24, 2.45) is 0 Å². The van der Waals surface area contributed by atoms with Gasteiger partial charge in [-0.15, -0.1) is 0 Å². The maximum Gasteiger partial charge on any atom is 0.264 e. The van der Waals surface area contributed by atoms with Crippen molar-refractivity contribution in [3.05, 3.63) is 29.8 Å². The summed E-state index contributed by atoms with van der Waals surface area (Å²) in [6, 6.07) is 9.33. The third-order valence-corrected chi connectivity index (χ3v) is 3.75. The minimum absolute atomic E-state index is 0.176. The van der Waals surface area contributed by atoms with Crippen LogP contribution in [-0.2, 0) is 9.53 Å². The molecule has 2 rings (SSSR count). The normalized spacial score (nSPS) is 19.6. The average molecular weight is 302 g/mol. The summed E-state index contributed by atoms with van der Waals surface area (Å²) in [6.07, 6.45) is -0.628. The van der Waals surface area contributed by atoms with E-state index in [0.717, 1.165) is 0 Å². The lowest BCUT2D eigenvalue weighted by molar-refractivity contribution is -0.144. The Labute approximate surface area is 131 Å². The molecule has 1 aliphatic heterocycles. The lowest BCUT2D eigenvalue weighted by atomic mass is 10.0. The Kier molecular flexibility index (Phi) is 5.40. The fourth-order valence-corrected chi connectivity index (χ4v) is 2.41. The standard InChI is InChI=1S/C17H22N2O3/c1-12(2)14-5-4-6-16(9-14)22-13(3)17(20)19-7-8-21-11-15(19)10-18/h4-6,9,12-13,15H,7-8,11H2,1-3H3/t13-,15-/m0/s1. The van der Waals surface area contributed by atoms with Gasteiger partial charge in [-0.2, -0.15) is 5.26 Å². The molecule has 0 unspecified atom stereocenters. The van der Waals surface area contributed by atoms with Gasteiger partial charge in [0.1, 0.15) is 11.8 Å². The summed E-state index contributed by atoms with van der Waals surface area (Å²) < 4.78 is 11.0. The van der Waals surface area contributed by atoms with Gasteiger partial charge in [0.15, 0.2) is 6.10 Å². The van der Waals surface area contributed by atoms with E-state index in [0.29, 0.717) is 24.8 Å². The molecule has 1 aromatic carbocycles. The molecule has 1 fully saturated rings. The van der Waals surface area contributed by atoms with Crippen molar-refractivity contribution >= 4 is 5.91 Å². The van der Waals surface area contributed by atoms with Crippen LogP contribution in [0.4, 0.5) is 0 Å². The van der Waals surface area contributed by atoms with Crippen molar-refractivity contribution in [2.45, 2.75) is 38.8 Å². The zero-order valence-corrected chi connectivity index (χ0v) is 13.3. The molecule has 0 radical (unpaired) electrons. The third kappa shape index (κ3) is 3.77. The van der Waals surface area contributed by atoms with E-state index in [1.165, 1.54) is 5.56 Å². The van der Waals surface area contributed by atoms with Gasteiger partial charge in [-0.1, -0.05) is 26.0 Å². The van der Waals surface area contributed by atoms with Crippen molar-refractivity contribution in [2.75, 3.05) is 19.8 Å². The SMILES string of the molecule is CC(C)c1cccc(O[C@@H](C)C(=O)N2CCOC[C@@H]2C#N)c1. The highest BCUT2D eigenvalue weighted by Gasteiger charge is 2.31. The first-order chi connectivity index (χ1) is 10.5. The molecule has 5 nitrogen and oxygen atoms in total. The maximum absolute atomic E-state index is 12.5. The van der Waals surface area contributed by atoms with E-state index in [4.69, 9.17) is 14.7 Å². The van der Waals surface area contributed by atoms with E-state index >= 15 is 0 Å². The third-order valence-electron chi connectivity index (χ3n) is 3.75. The smallest absolute Gasteiger partial charge is 0.264 e. The van der Waals surface area contributed by atoms with Crippen molar-refractivity contribution in [1.82, 2.24) is 4.90 Å². The lowest BCUT2D eigenvalue weighted by Gasteiger charge is -2.33. The molecule has 1 saturated heterocycles. The summed E-state index contributed by atoms with van der Waals surface area (Å²) >= 11 is 0. The molecule has 1 aliphatic rings. The quantitative estimate of drug-likeness (QED) is 0.856. The first kappa shape index (κ1) is 16.3. The predicted octanol–water partition coefficient (Wildman–Crippen LogP) is 2.33. The Morgan fingerprint density at radius 3 is 2.91 bits per heavy atom. The van der Waals surface area contributed by atoms with Crippen LogP contribution in [0.1, 0.15) is 32.3 Å². The number of carbonyl (C=O) groups excluding carboxylic acids is 1. The van der Waals surface area contributed by atoms with Crippen LogP contribution < -0.4 is 4.74 Å². The van der Waals surface area contributed by atoms with Crippen molar-refractivity contribution in [1.29, 1.82) is 5.26 Å². The second-order valence-electron chi connectivity index (χ2n) is 5.74. The van der Waals surface area contributed by atoms with Crippen LogP contribution in [0.25, 0.3) is 0 Å². The van der Waals surface area contributed by atoms with Crippen LogP contribution >= 0.6 is 0 Å². The molecule has 0 saturated carbocycles. The molecular weight excluding hydrogens is 280 g/mol. The van der Waals surface area contributed by atoms with Gasteiger partial charge in [0, 0.05) is 6.54 Å². The molecule has 0 aliphatic carbocycles. The van der Waals surface area contributed by atoms with Crippen LogP contribution in [-0.4, -0.2) is 42.7 Å². The number of hydrogen-bond acceptors (Lipinski definition) is 4. The summed E-state index contributed by atoms with van der Waals surface area (Å²) in [5.74, 6) is 0.899. The summed E-state index contributed by atoms with van der Waals surface area (Å²) in [5, 5.41) is 9.11. The van der Waals surface area contributed by atoms with E-state index in [2.05, 4.69) is 19.9 Å². The molecular formula is C17H22N2O3. The second-order valence-corrected chi connectivity index (χ2v) is 5.74. The molecule has 5 heteroatoms. The number of carbonyl (C=O) groups is 1. The molecule has 118 valence electrons. The first-order valence-corrected chi connectivity index (χ1v) is 7.57. The number of nitriles is 1. The molecule has 1 amide bonds. The predicted molar refractivity (Wildman–Crippen MR) is 82.6 cm³/mol. The Bertz CT molecular complexity index is 565. The van der Waals surface area contributed by atoms with Gasteiger partial charge in [-0.3, -0.25) is 4.79 Å². The topological polar surface area (TPSA) is 62.6 Å². The molecule has 2 atom stereocenters. The van der Waals surface area contributed by atoms with Crippen molar-refractivity contribution in [3.63, 3.8) is 0 Å². The summed E-state index contributed by atoms with van der Waals surface area (Å²) in [7, 11) is 0. The number of morpholine rings is 1. The van der Waals surface area contributed by atoms with E-state index in [1.807, 2.05) is 24.3 Å². The van der Waals surface area contributed by atoms with Gasteiger partial charge >= 0.3 is 0 Å². The monoisotopic (exact) mass is 302 g/mol. The number of rotatable bonds is 4. The molecule has 0 bridgehead atoms. The van der Waals surface area contributed by atoms with Crippen LogP contribution in [0, 0.1) is 11.3 Å². The highest BCUT2D eigenvalue weighted by atomic mass is 16.5. The maximum atomic E-state index is 12.5. The first-order valence-electron chi connectivity index (χ1n) is 7.57. The van der Waals surface area contributed by atoms with Crippen LogP contribution in [0.3, 0.4) is 0 Å². The molecule has 0 spiro atoms. The molecule has 22 heavy (non-hydrogen) atoms. The highest BCUT2D eigenvalue weighted by molar-refractivity contribution is 5.81. The summed E-state index contributed by atoms with van der Waals surface area (Å²) in [6.45, 7) is 7.08. The fourth-order valence-electron chi connectivity index (χ4n) is 2.41. The molecule has 1 heterocycles. The van der Waals surface area contributed by atoms with Crippen molar-refractivity contribution in [3.8, 4) is 11.8 Å². The number of nitrogens with zero attached hydrogens (tertiary/aromatic N) is 2. The van der Waals surface area contributed by atoms with Crippen LogP contribution in [0.2, 0.25) is 0 Å². The summed E-state index contributed by atoms with van der Waals surface area (Å²) in [5.41, 5.74) is 1.17. The number of hydrogen-bond donors (Lipinski definition) is 0. The minimum Gasteiger partial charge on any atom is -0.481 e. The Hall–Kier alpha value is -2.06. The fraction of sp³-hybridized carbons (Fsp3) is 0.529. The number of amides is 1. The van der Waals surface area contributed by atoms with Gasteiger partial charge in [-0.05, 0) is 30.5 Å². The van der Waals surface area contributed by atoms with E-state index in [-0.39, 0.29) is 12.5 Å². The lowest BCUT2D eigenvalue weighted by Crippen LogP contribution is -2.52. The zero-order valence-electron chi connectivity index (χ0n) is 13.3. The molecule has 0 N–H and O–H groups in total. The summed E-state index contributed by atoms with van der Waals surface area (Å²) in [4.78, 5) is 14.0. The van der Waals surface area contributed by atoms with Gasteiger partial charge in [-0.25, -0.2) is 0 Å². The van der Waals surface area contributed by atoms with Gasteiger partial charge in [0.05, 0.1) is 19.3 Å². The highest BCUT2D eigenvalue weighted by Crippen LogP contribution is 2.21. The van der Waals surface area contributed by atoms with E-state index < -0.39 is 12.1 Å². The largest absolute Gasteiger partial charge is 0.481 e. The second kappa shape index (κ2) is 7.28. The van der Waals surface area contributed by atoms with Gasteiger partial charge in [0.2, 0.25) is 0 Å². The minimum atomic E-state index is -0.628. The molecule has 1 aromatic rings. The van der Waals surface area contributed by atoms with Crippen LogP contribution in [0.15, 0.2) is 24.3 Å². The molecule has 0 aromatic heterocycles.